The van der Waals surface area contributed by atoms with Crippen LogP contribution in [0.15, 0.2) is 42.5 Å². The number of nitrogens with zero attached hydrogens (tertiary/aromatic N) is 2. The maximum atomic E-state index is 12.4. The standard InChI is InChI=1S/C21H23Cl2N3O3/c1-25(21(28)13-15-2-7-18(22)19(23)12-15)14-20(27)24-16-3-5-17(6-4-16)26-8-10-29-11-9-26/h2-7,12H,8-11,13-14H2,1H3,(H,24,27). The molecule has 3 rings (SSSR count). The third-order valence-corrected chi connectivity index (χ3v) is 5.41. The van der Waals surface area contributed by atoms with Crippen LogP contribution in [0.1, 0.15) is 5.56 Å². The van der Waals surface area contributed by atoms with Crippen molar-refractivity contribution in [1.82, 2.24) is 4.90 Å². The van der Waals surface area contributed by atoms with Gasteiger partial charge in [0.2, 0.25) is 11.8 Å². The average molecular weight is 436 g/mol. The van der Waals surface area contributed by atoms with Crippen LogP contribution in [0.2, 0.25) is 10.0 Å². The highest BCUT2D eigenvalue weighted by atomic mass is 35.5. The van der Waals surface area contributed by atoms with Crippen LogP contribution in [0.4, 0.5) is 11.4 Å². The Morgan fingerprint density at radius 1 is 1.07 bits per heavy atom. The van der Waals surface area contributed by atoms with Crippen molar-refractivity contribution in [2.24, 2.45) is 0 Å². The molecule has 2 aromatic carbocycles. The molecule has 6 nitrogen and oxygen atoms in total. The molecule has 0 atom stereocenters. The highest BCUT2D eigenvalue weighted by Crippen LogP contribution is 2.23. The molecule has 0 unspecified atom stereocenters. The molecule has 2 aromatic rings. The largest absolute Gasteiger partial charge is 0.378 e. The van der Waals surface area contributed by atoms with Gasteiger partial charge in [-0.25, -0.2) is 0 Å². The summed E-state index contributed by atoms with van der Waals surface area (Å²) in [5, 5.41) is 3.66. The first-order valence-electron chi connectivity index (χ1n) is 9.33. The Kier molecular flexibility index (Phi) is 7.36. The summed E-state index contributed by atoms with van der Waals surface area (Å²) in [5.74, 6) is -0.435. The lowest BCUT2D eigenvalue weighted by atomic mass is 10.1. The lowest BCUT2D eigenvalue weighted by Gasteiger charge is -2.28. The van der Waals surface area contributed by atoms with Crippen molar-refractivity contribution in [3.8, 4) is 0 Å². The van der Waals surface area contributed by atoms with E-state index in [0.29, 0.717) is 15.7 Å². The van der Waals surface area contributed by atoms with Crippen molar-refractivity contribution < 1.29 is 14.3 Å². The van der Waals surface area contributed by atoms with E-state index in [0.717, 1.165) is 37.6 Å². The molecular weight excluding hydrogens is 413 g/mol. The smallest absolute Gasteiger partial charge is 0.243 e. The number of carbonyl (C=O) groups excluding carboxylic acids is 2. The molecule has 0 aromatic heterocycles. The first-order valence-corrected chi connectivity index (χ1v) is 10.1. The molecule has 0 bridgehead atoms. The maximum Gasteiger partial charge on any atom is 0.243 e. The van der Waals surface area contributed by atoms with Crippen molar-refractivity contribution in [1.29, 1.82) is 0 Å². The van der Waals surface area contributed by atoms with E-state index >= 15 is 0 Å². The summed E-state index contributed by atoms with van der Waals surface area (Å²) in [5.41, 5.74) is 2.54. The van der Waals surface area contributed by atoms with Gasteiger partial charge in [-0.15, -0.1) is 0 Å². The molecule has 1 heterocycles. The molecule has 0 radical (unpaired) electrons. The number of halogens is 2. The van der Waals surface area contributed by atoms with Gasteiger partial charge in [0.05, 0.1) is 36.2 Å². The van der Waals surface area contributed by atoms with E-state index in [4.69, 9.17) is 27.9 Å². The van der Waals surface area contributed by atoms with E-state index in [9.17, 15) is 9.59 Å². The van der Waals surface area contributed by atoms with Crippen LogP contribution in [0.5, 0.6) is 0 Å². The Balaban J connectivity index is 1.50. The topological polar surface area (TPSA) is 61.9 Å². The summed E-state index contributed by atoms with van der Waals surface area (Å²) in [6.07, 6.45) is 0.148. The van der Waals surface area contributed by atoms with Gasteiger partial charge in [0, 0.05) is 31.5 Å². The number of anilines is 2. The maximum absolute atomic E-state index is 12.4. The van der Waals surface area contributed by atoms with Crippen LogP contribution in [-0.4, -0.2) is 56.6 Å². The van der Waals surface area contributed by atoms with Gasteiger partial charge < -0.3 is 19.9 Å². The molecule has 1 aliphatic rings. The number of hydrogen-bond acceptors (Lipinski definition) is 4. The van der Waals surface area contributed by atoms with E-state index < -0.39 is 0 Å². The zero-order valence-corrected chi connectivity index (χ0v) is 17.7. The van der Waals surface area contributed by atoms with Gasteiger partial charge in [-0.3, -0.25) is 9.59 Å². The van der Waals surface area contributed by atoms with E-state index in [-0.39, 0.29) is 24.8 Å². The highest BCUT2D eigenvalue weighted by Gasteiger charge is 2.15. The second-order valence-corrected chi connectivity index (χ2v) is 7.68. The molecule has 1 fully saturated rings. The monoisotopic (exact) mass is 435 g/mol. The normalized spacial score (nSPS) is 13.8. The lowest BCUT2D eigenvalue weighted by Crippen LogP contribution is -2.36. The van der Waals surface area contributed by atoms with Gasteiger partial charge >= 0.3 is 0 Å². The molecule has 29 heavy (non-hydrogen) atoms. The van der Waals surface area contributed by atoms with Crippen LogP contribution in [-0.2, 0) is 20.7 Å². The predicted octanol–water partition coefficient (Wildman–Crippen LogP) is 3.47. The van der Waals surface area contributed by atoms with Gasteiger partial charge in [-0.1, -0.05) is 29.3 Å². The molecule has 0 aliphatic carbocycles. The molecule has 1 saturated heterocycles. The SMILES string of the molecule is CN(CC(=O)Nc1ccc(N2CCOCC2)cc1)C(=O)Cc1ccc(Cl)c(Cl)c1. The van der Waals surface area contributed by atoms with Crippen LogP contribution >= 0.6 is 23.2 Å². The third-order valence-electron chi connectivity index (χ3n) is 4.67. The molecule has 0 saturated carbocycles. The summed E-state index contributed by atoms with van der Waals surface area (Å²) in [6.45, 7) is 3.13. The Morgan fingerprint density at radius 2 is 1.76 bits per heavy atom. The fraction of sp³-hybridized carbons (Fsp3) is 0.333. The number of likely N-dealkylation sites (N-methyl/N-ethyl adjacent to an activating group) is 1. The van der Waals surface area contributed by atoms with E-state index in [1.807, 2.05) is 24.3 Å². The van der Waals surface area contributed by atoms with Crippen molar-refractivity contribution in [3.63, 3.8) is 0 Å². The molecular formula is C21H23Cl2N3O3. The number of rotatable bonds is 6. The average Bonchev–Trinajstić information content (AvgIpc) is 2.72. The number of ether oxygens (including phenoxy) is 1. The van der Waals surface area contributed by atoms with Gasteiger partial charge in [0.15, 0.2) is 0 Å². The summed E-state index contributed by atoms with van der Waals surface area (Å²) < 4.78 is 5.36. The van der Waals surface area contributed by atoms with Gasteiger partial charge in [-0.2, -0.15) is 0 Å². The second kappa shape index (κ2) is 9.96. The lowest BCUT2D eigenvalue weighted by molar-refractivity contribution is -0.132. The zero-order chi connectivity index (χ0) is 20.8. The molecule has 2 amide bonds. The molecule has 154 valence electrons. The molecule has 1 N–H and O–H groups in total. The molecule has 8 heteroatoms. The minimum Gasteiger partial charge on any atom is -0.378 e. The summed E-state index contributed by atoms with van der Waals surface area (Å²) in [4.78, 5) is 28.3. The fourth-order valence-corrected chi connectivity index (χ4v) is 3.36. The van der Waals surface area contributed by atoms with E-state index in [1.54, 1.807) is 25.2 Å². The molecule has 0 spiro atoms. The van der Waals surface area contributed by atoms with Crippen molar-refractivity contribution in [2.45, 2.75) is 6.42 Å². The fourth-order valence-electron chi connectivity index (χ4n) is 3.04. The van der Waals surface area contributed by atoms with Crippen LogP contribution < -0.4 is 10.2 Å². The Bertz CT molecular complexity index is 868. The minimum atomic E-state index is -0.255. The number of hydrogen-bond donors (Lipinski definition) is 1. The van der Waals surface area contributed by atoms with Crippen LogP contribution in [0.25, 0.3) is 0 Å². The molecule has 1 aliphatic heterocycles. The van der Waals surface area contributed by atoms with Crippen molar-refractivity contribution in [2.75, 3.05) is 50.1 Å². The summed E-state index contributed by atoms with van der Waals surface area (Å²) >= 11 is 11.9. The number of nitrogens with one attached hydrogen (secondary N) is 1. The first kappa shape index (κ1) is 21.4. The zero-order valence-electron chi connectivity index (χ0n) is 16.2. The van der Waals surface area contributed by atoms with Crippen LogP contribution in [0.3, 0.4) is 0 Å². The Morgan fingerprint density at radius 3 is 2.41 bits per heavy atom. The second-order valence-electron chi connectivity index (χ2n) is 6.87. The number of amides is 2. The number of benzene rings is 2. The Labute approximate surface area is 180 Å². The van der Waals surface area contributed by atoms with Crippen LogP contribution in [0, 0.1) is 0 Å². The van der Waals surface area contributed by atoms with E-state index in [2.05, 4.69) is 10.2 Å². The van der Waals surface area contributed by atoms with Crippen molar-refractivity contribution in [3.05, 3.63) is 58.1 Å². The van der Waals surface area contributed by atoms with E-state index in [1.165, 1.54) is 4.90 Å². The minimum absolute atomic E-state index is 0.0363. The quantitative estimate of drug-likeness (QED) is 0.754. The Hall–Kier alpha value is -2.28. The van der Waals surface area contributed by atoms with Gasteiger partial charge in [-0.05, 0) is 42.0 Å². The number of carbonyl (C=O) groups is 2. The first-order chi connectivity index (χ1) is 13.9. The predicted molar refractivity (Wildman–Crippen MR) is 116 cm³/mol. The number of morpholine rings is 1. The highest BCUT2D eigenvalue weighted by molar-refractivity contribution is 6.42. The van der Waals surface area contributed by atoms with Gasteiger partial charge in [0.1, 0.15) is 0 Å². The third kappa shape index (κ3) is 6.10. The van der Waals surface area contributed by atoms with Crippen molar-refractivity contribution >= 4 is 46.4 Å². The van der Waals surface area contributed by atoms with Gasteiger partial charge in [0.25, 0.3) is 0 Å². The summed E-state index contributed by atoms with van der Waals surface area (Å²) in [6, 6.07) is 12.7. The summed E-state index contributed by atoms with van der Waals surface area (Å²) in [7, 11) is 1.60.